The van der Waals surface area contributed by atoms with E-state index in [0.29, 0.717) is 5.41 Å². The van der Waals surface area contributed by atoms with Crippen molar-refractivity contribution in [3.8, 4) is 0 Å². The van der Waals surface area contributed by atoms with E-state index in [-0.39, 0.29) is 17.6 Å². The van der Waals surface area contributed by atoms with E-state index in [9.17, 15) is 27.0 Å². The highest BCUT2D eigenvalue weighted by molar-refractivity contribution is 7.94. The van der Waals surface area contributed by atoms with Crippen LogP contribution < -0.4 is 0 Å². The summed E-state index contributed by atoms with van der Waals surface area (Å²) in [6.07, 6.45) is 10.7. The maximum absolute atomic E-state index is 10.5. The third-order valence-corrected chi connectivity index (χ3v) is 10.1. The van der Waals surface area contributed by atoms with E-state index in [0.717, 1.165) is 42.9 Å². The summed E-state index contributed by atoms with van der Waals surface area (Å²) in [5.41, 5.74) is 0.676. The zero-order valence-electron chi connectivity index (χ0n) is 17.5. The third-order valence-electron chi connectivity index (χ3n) is 8.76. The quantitative estimate of drug-likeness (QED) is 0.444. The van der Waals surface area contributed by atoms with Gasteiger partial charge in [-0.15, -0.1) is 3.63 Å². The molecule has 0 saturated heterocycles. The lowest BCUT2D eigenvalue weighted by molar-refractivity contribution is -0.133. The molecule has 0 spiro atoms. The van der Waals surface area contributed by atoms with Gasteiger partial charge in [0.05, 0.1) is 12.2 Å². The fourth-order valence-electron chi connectivity index (χ4n) is 7.32. The Bertz CT molecular complexity index is 812. The largest absolute Gasteiger partial charge is 0.413 e. The van der Waals surface area contributed by atoms with Crippen LogP contribution in [0.1, 0.15) is 71.6 Å². The van der Waals surface area contributed by atoms with Crippen molar-refractivity contribution in [3.63, 3.8) is 0 Å². The van der Waals surface area contributed by atoms with Gasteiger partial charge in [-0.3, -0.25) is 9.11 Å². The van der Waals surface area contributed by atoms with Crippen molar-refractivity contribution in [3.05, 3.63) is 0 Å². The van der Waals surface area contributed by atoms with Gasteiger partial charge in [0.25, 0.3) is 0 Å². The lowest BCUT2D eigenvalue weighted by Gasteiger charge is -2.60. The number of hydrogen-bond acceptors (Lipinski definition) is 7. The van der Waals surface area contributed by atoms with Gasteiger partial charge in [0, 0.05) is 0 Å². The summed E-state index contributed by atoms with van der Waals surface area (Å²) in [6.45, 7) is 4.90. The van der Waals surface area contributed by atoms with Gasteiger partial charge in [-0.05, 0) is 92.3 Å². The third kappa shape index (κ3) is 4.87. The Morgan fingerprint density at radius 2 is 1.33 bits per heavy atom. The van der Waals surface area contributed by atoms with Gasteiger partial charge < -0.3 is 10.2 Å². The van der Waals surface area contributed by atoms with Gasteiger partial charge in [0.15, 0.2) is 0 Å². The number of aliphatic hydroxyl groups excluding tert-OH is 2. The molecule has 0 aromatic heterocycles. The molecule has 0 aromatic rings. The van der Waals surface area contributed by atoms with E-state index in [4.69, 9.17) is 9.11 Å². The Balaban J connectivity index is 0.000000244. The van der Waals surface area contributed by atoms with Crippen LogP contribution in [0.2, 0.25) is 0 Å². The summed E-state index contributed by atoms with van der Waals surface area (Å²) in [5.74, 6) is 3.21. The van der Waals surface area contributed by atoms with Crippen molar-refractivity contribution in [2.24, 2.45) is 34.5 Å². The van der Waals surface area contributed by atoms with Crippen LogP contribution in [0.4, 0.5) is 0 Å². The van der Waals surface area contributed by atoms with Crippen LogP contribution in [0.15, 0.2) is 0 Å². The van der Waals surface area contributed by atoms with Gasteiger partial charge in [-0.25, -0.2) is 0 Å². The van der Waals surface area contributed by atoms with Gasteiger partial charge in [-0.2, -0.15) is 16.8 Å². The number of fused-ring (bicyclic) bond motifs is 5. The second kappa shape index (κ2) is 8.24. The fourth-order valence-corrected chi connectivity index (χ4v) is 8.19. The molecule has 4 N–H and O–H groups in total. The van der Waals surface area contributed by atoms with E-state index < -0.39 is 20.8 Å². The van der Waals surface area contributed by atoms with Crippen molar-refractivity contribution in [1.29, 1.82) is 0 Å². The van der Waals surface area contributed by atoms with Crippen molar-refractivity contribution in [2.75, 3.05) is 0 Å². The van der Waals surface area contributed by atoms with E-state index in [1.807, 2.05) is 0 Å². The first-order valence-corrected chi connectivity index (χ1v) is 13.4. The average molecular weight is 471 g/mol. The summed E-state index contributed by atoms with van der Waals surface area (Å²) in [6, 6.07) is 0. The molecule has 11 heteroatoms. The highest BCUT2D eigenvalue weighted by Gasteiger charge is 2.59. The predicted molar refractivity (Wildman–Crippen MR) is 108 cm³/mol. The monoisotopic (exact) mass is 470 g/mol. The van der Waals surface area contributed by atoms with E-state index >= 15 is 0 Å². The molecule has 0 aliphatic heterocycles. The predicted octanol–water partition coefficient (Wildman–Crippen LogP) is 2.36. The molecule has 0 amide bonds. The molecule has 30 heavy (non-hydrogen) atoms. The molecule has 0 radical (unpaired) electrons. The number of aliphatic hydroxyl groups is 2. The minimum atomic E-state index is -5.12. The molecule has 4 aliphatic rings. The molecule has 4 rings (SSSR count). The first-order valence-electron chi connectivity index (χ1n) is 10.7. The van der Waals surface area contributed by atoms with Crippen molar-refractivity contribution >= 4 is 20.8 Å². The topological polar surface area (TPSA) is 158 Å². The normalized spacial score (nSPS) is 46.1. The number of rotatable bonds is 2. The second-order valence-corrected chi connectivity index (χ2v) is 12.4. The average Bonchev–Trinajstić information content (AvgIpc) is 2.88. The Kier molecular flexibility index (Phi) is 6.69. The highest BCUT2D eigenvalue weighted by atomic mass is 32.3. The van der Waals surface area contributed by atoms with Gasteiger partial charge >= 0.3 is 20.8 Å². The molecule has 4 aliphatic carbocycles. The highest BCUT2D eigenvalue weighted by Crippen LogP contribution is 2.66. The van der Waals surface area contributed by atoms with Crippen LogP contribution in [0, 0.1) is 34.5 Å². The Morgan fingerprint density at radius 1 is 0.767 bits per heavy atom. The van der Waals surface area contributed by atoms with Crippen LogP contribution in [0.25, 0.3) is 0 Å². The fraction of sp³-hybridized carbons (Fsp3) is 1.00. The van der Waals surface area contributed by atoms with Crippen LogP contribution in [-0.2, 0) is 24.4 Å². The van der Waals surface area contributed by atoms with E-state index in [1.54, 1.807) is 0 Å². The Hall–Kier alpha value is -0.300. The minimum Gasteiger partial charge on any atom is -0.393 e. The number of hydrogen-bond donors (Lipinski definition) is 4. The summed E-state index contributed by atoms with van der Waals surface area (Å²) in [7, 11) is -10.2. The second-order valence-electron chi connectivity index (χ2n) is 10.1. The summed E-state index contributed by atoms with van der Waals surface area (Å²) >= 11 is 0. The van der Waals surface area contributed by atoms with Crippen molar-refractivity contribution in [1.82, 2.24) is 0 Å². The van der Waals surface area contributed by atoms with E-state index in [1.165, 1.54) is 38.5 Å². The Morgan fingerprint density at radius 3 is 1.90 bits per heavy atom. The molecule has 0 aromatic carbocycles. The van der Waals surface area contributed by atoms with Gasteiger partial charge in [0.2, 0.25) is 0 Å². The van der Waals surface area contributed by atoms with Crippen LogP contribution in [0.5, 0.6) is 0 Å². The molecule has 0 bridgehead atoms. The first-order chi connectivity index (χ1) is 13.7. The van der Waals surface area contributed by atoms with Crippen LogP contribution in [0.3, 0.4) is 0 Å². The molecular formula is C19H34O9S2. The minimum absolute atomic E-state index is 0.0400. The maximum atomic E-state index is 10.5. The molecule has 176 valence electrons. The lowest BCUT2D eigenvalue weighted by atomic mass is 9.45. The zero-order chi connectivity index (χ0) is 22.5. The van der Waals surface area contributed by atoms with Crippen molar-refractivity contribution < 1.29 is 39.8 Å². The zero-order valence-corrected chi connectivity index (χ0v) is 19.1. The molecule has 4 saturated carbocycles. The van der Waals surface area contributed by atoms with E-state index in [2.05, 4.69) is 17.5 Å². The molecular weight excluding hydrogens is 436 g/mol. The standard InChI is InChI=1S/C19H32O2.H2O7S2/c1-18-9-7-13(20)11-12(18)3-4-14-15-5-6-17(21)19(15,2)10-8-16(14)18;1-8(2,3)7-9(4,5)6/h12-17,20-21H,3-11H2,1-2H3;(H,1,2,3)(H,4,5,6)/t12-,13-,14-,15-,16-,17-,18-,19-;/m0./s1. The van der Waals surface area contributed by atoms with Crippen molar-refractivity contribution in [2.45, 2.75) is 83.8 Å². The summed E-state index contributed by atoms with van der Waals surface area (Å²) in [4.78, 5) is 0. The summed E-state index contributed by atoms with van der Waals surface area (Å²) < 4.78 is 55.6. The Labute approximate surface area is 179 Å². The lowest BCUT2D eigenvalue weighted by Crippen LogP contribution is -2.54. The molecule has 4 fully saturated rings. The summed E-state index contributed by atoms with van der Waals surface area (Å²) in [5, 5.41) is 20.5. The molecule has 8 atom stereocenters. The van der Waals surface area contributed by atoms with Crippen LogP contribution >= 0.6 is 0 Å². The molecule has 0 heterocycles. The smallest absolute Gasteiger partial charge is 0.393 e. The van der Waals surface area contributed by atoms with Gasteiger partial charge in [0.1, 0.15) is 0 Å². The maximum Gasteiger partial charge on any atom is 0.413 e. The van der Waals surface area contributed by atoms with Gasteiger partial charge in [-0.1, -0.05) is 13.8 Å². The molecule has 0 unspecified atom stereocenters. The SMILES string of the molecule is C[C@]12CC[C@H](O)C[C@@H]1CC[C@@H]1[C@@H]2CC[C@]2(C)[C@@H](O)CC[C@@H]12.O=S(=O)(O)OS(=O)(=O)O. The first kappa shape index (κ1) is 24.3. The molecule has 9 nitrogen and oxygen atoms in total. The van der Waals surface area contributed by atoms with Crippen LogP contribution in [-0.4, -0.2) is 48.4 Å².